The summed E-state index contributed by atoms with van der Waals surface area (Å²) in [6.07, 6.45) is -8.34. The monoisotopic (exact) mass is 286 g/mol. The van der Waals surface area contributed by atoms with Crippen LogP contribution in [0.3, 0.4) is 0 Å². The highest BCUT2D eigenvalue weighted by atomic mass is 19.4. The maximum absolute atomic E-state index is 12.4. The van der Waals surface area contributed by atoms with Crippen molar-refractivity contribution in [2.75, 3.05) is 0 Å². The zero-order valence-corrected chi connectivity index (χ0v) is 9.04. The number of nitrogens with two attached hydrogens (primary N) is 1. The maximum atomic E-state index is 12.4. The summed E-state index contributed by atoms with van der Waals surface area (Å²) >= 11 is 0. The predicted octanol–water partition coefficient (Wildman–Crippen LogP) is 2.07. The minimum Gasteiger partial charge on any atom is -0.478 e. The van der Waals surface area contributed by atoms with Crippen molar-refractivity contribution in [3.8, 4) is 5.75 Å². The van der Waals surface area contributed by atoms with Crippen molar-refractivity contribution >= 4 is 5.97 Å². The van der Waals surface area contributed by atoms with Crippen LogP contribution >= 0.6 is 0 Å². The van der Waals surface area contributed by atoms with Crippen molar-refractivity contribution in [3.05, 3.63) is 23.0 Å². The van der Waals surface area contributed by atoms with Gasteiger partial charge in [0.2, 0.25) is 0 Å². The fraction of sp³-hybridized carbons (Fsp3) is 0.333. The predicted molar refractivity (Wildman–Crippen MR) is 50.7 cm³/mol. The molecule has 0 radical (unpaired) electrons. The summed E-state index contributed by atoms with van der Waals surface area (Å²) in [5.74, 6) is -3.05. The van der Waals surface area contributed by atoms with Gasteiger partial charge >= 0.3 is 12.3 Å². The van der Waals surface area contributed by atoms with Crippen molar-refractivity contribution in [1.29, 1.82) is 0 Å². The van der Waals surface area contributed by atoms with Crippen LogP contribution in [0.5, 0.6) is 5.75 Å². The smallest absolute Gasteiger partial charge is 0.478 e. The Hall–Kier alpha value is -1.97. The number of ether oxygens (including phenoxy) is 1. The van der Waals surface area contributed by atoms with Gasteiger partial charge in [0.15, 0.2) is 5.75 Å². The molecule has 0 unspecified atom stereocenters. The molecule has 5 nitrogen and oxygen atoms in total. The second kappa shape index (κ2) is 5.34. The van der Waals surface area contributed by atoms with Gasteiger partial charge in [0, 0.05) is 6.54 Å². The van der Waals surface area contributed by atoms with Crippen LogP contribution in [0.2, 0.25) is 0 Å². The summed E-state index contributed by atoms with van der Waals surface area (Å²) in [5, 5.41) is 8.73. The number of carboxylic acids is 1. The van der Waals surface area contributed by atoms with Crippen molar-refractivity contribution in [3.63, 3.8) is 0 Å². The first-order valence-electron chi connectivity index (χ1n) is 4.66. The topological polar surface area (TPSA) is 85.4 Å². The lowest BCUT2D eigenvalue weighted by atomic mass is 10.1. The van der Waals surface area contributed by atoms with Crippen molar-refractivity contribution in [2.24, 2.45) is 5.73 Å². The Morgan fingerprint density at radius 1 is 1.47 bits per heavy atom. The number of pyridine rings is 1. The second-order valence-corrected chi connectivity index (χ2v) is 3.23. The maximum Gasteiger partial charge on any atom is 0.573 e. The number of aromatic nitrogens is 1. The van der Waals surface area contributed by atoms with E-state index in [9.17, 15) is 26.7 Å². The van der Waals surface area contributed by atoms with Crippen LogP contribution in [0.15, 0.2) is 6.07 Å². The molecule has 1 aromatic heterocycles. The molecule has 0 aromatic carbocycles. The molecule has 0 saturated carbocycles. The van der Waals surface area contributed by atoms with Gasteiger partial charge in [0.05, 0.1) is 5.69 Å². The average molecular weight is 286 g/mol. The molecule has 0 aliphatic rings. The van der Waals surface area contributed by atoms with Crippen molar-refractivity contribution in [2.45, 2.75) is 19.3 Å². The first-order valence-corrected chi connectivity index (χ1v) is 4.66. The van der Waals surface area contributed by atoms with E-state index in [1.165, 1.54) is 0 Å². The molecule has 10 heteroatoms. The molecule has 106 valence electrons. The molecule has 1 rings (SSSR count). The van der Waals surface area contributed by atoms with Gasteiger partial charge in [-0.05, 0) is 6.07 Å². The van der Waals surface area contributed by atoms with Crippen LogP contribution in [0.1, 0.15) is 28.2 Å². The number of carbonyl (C=O) groups is 1. The van der Waals surface area contributed by atoms with Gasteiger partial charge < -0.3 is 15.6 Å². The highest BCUT2D eigenvalue weighted by molar-refractivity contribution is 5.91. The molecule has 3 N–H and O–H groups in total. The molecule has 0 saturated heterocycles. The fourth-order valence-corrected chi connectivity index (χ4v) is 1.25. The van der Waals surface area contributed by atoms with Gasteiger partial charge in [0.25, 0.3) is 6.43 Å². The molecule has 0 spiro atoms. The Morgan fingerprint density at radius 2 is 2.05 bits per heavy atom. The summed E-state index contributed by atoms with van der Waals surface area (Å²) in [7, 11) is 0. The number of hydrogen-bond acceptors (Lipinski definition) is 4. The number of alkyl halides is 5. The highest BCUT2D eigenvalue weighted by Crippen LogP contribution is 2.32. The number of carboxylic acid groups (broad SMARTS) is 1. The Labute approximate surface area is 102 Å². The molecule has 1 aromatic rings. The third-order valence-corrected chi connectivity index (χ3v) is 1.93. The van der Waals surface area contributed by atoms with E-state index in [4.69, 9.17) is 10.8 Å². The van der Waals surface area contributed by atoms with E-state index in [1.807, 2.05) is 0 Å². The zero-order chi connectivity index (χ0) is 14.8. The summed E-state index contributed by atoms with van der Waals surface area (Å²) < 4.78 is 64.7. The van der Waals surface area contributed by atoms with Gasteiger partial charge in [-0.3, -0.25) is 0 Å². The van der Waals surface area contributed by atoms with E-state index in [0.29, 0.717) is 6.07 Å². The SMILES string of the molecule is NCc1nc(C(F)F)cc(C(=O)O)c1OC(F)(F)F. The van der Waals surface area contributed by atoms with Gasteiger partial charge in [-0.2, -0.15) is 0 Å². The normalized spacial score (nSPS) is 11.7. The van der Waals surface area contributed by atoms with E-state index >= 15 is 0 Å². The third-order valence-electron chi connectivity index (χ3n) is 1.93. The molecule has 0 aliphatic carbocycles. The van der Waals surface area contributed by atoms with Gasteiger partial charge in [-0.25, -0.2) is 18.6 Å². The molecule has 0 amide bonds. The Balaban J connectivity index is 3.45. The van der Waals surface area contributed by atoms with Crippen LogP contribution in [0, 0.1) is 0 Å². The van der Waals surface area contributed by atoms with Gasteiger partial charge in [0.1, 0.15) is 11.3 Å². The highest BCUT2D eigenvalue weighted by Gasteiger charge is 2.35. The largest absolute Gasteiger partial charge is 0.573 e. The van der Waals surface area contributed by atoms with E-state index in [2.05, 4.69) is 9.72 Å². The average Bonchev–Trinajstić information content (AvgIpc) is 2.26. The molecular formula is C9H7F5N2O3. The quantitative estimate of drug-likeness (QED) is 0.828. The lowest BCUT2D eigenvalue weighted by Gasteiger charge is -2.15. The Morgan fingerprint density at radius 3 is 2.42 bits per heavy atom. The van der Waals surface area contributed by atoms with Crippen molar-refractivity contribution < 1.29 is 36.6 Å². The molecule has 0 bridgehead atoms. The third kappa shape index (κ3) is 3.74. The Bertz CT molecular complexity index is 489. The molecular weight excluding hydrogens is 279 g/mol. The van der Waals surface area contributed by atoms with Crippen LogP contribution < -0.4 is 10.5 Å². The van der Waals surface area contributed by atoms with E-state index in [1.54, 1.807) is 0 Å². The summed E-state index contributed by atoms with van der Waals surface area (Å²) in [4.78, 5) is 13.9. The molecule has 0 fully saturated rings. The summed E-state index contributed by atoms with van der Waals surface area (Å²) in [6, 6.07) is 0.313. The van der Waals surface area contributed by atoms with E-state index in [-0.39, 0.29) is 0 Å². The second-order valence-electron chi connectivity index (χ2n) is 3.23. The van der Waals surface area contributed by atoms with Gasteiger partial charge in [-0.15, -0.1) is 13.2 Å². The first kappa shape index (κ1) is 15.1. The lowest BCUT2D eigenvalue weighted by Crippen LogP contribution is -2.22. The Kier molecular flexibility index (Phi) is 4.24. The van der Waals surface area contributed by atoms with Crippen LogP contribution in [0.25, 0.3) is 0 Å². The van der Waals surface area contributed by atoms with Crippen molar-refractivity contribution in [1.82, 2.24) is 4.98 Å². The number of rotatable bonds is 4. The molecule has 1 heterocycles. The summed E-state index contributed by atoms with van der Waals surface area (Å²) in [6.45, 7) is -0.688. The number of aromatic carboxylic acids is 1. The number of hydrogen-bond donors (Lipinski definition) is 2. The number of halogens is 5. The van der Waals surface area contributed by atoms with Crippen LogP contribution in [0.4, 0.5) is 22.0 Å². The van der Waals surface area contributed by atoms with Gasteiger partial charge in [-0.1, -0.05) is 0 Å². The van der Waals surface area contributed by atoms with E-state index in [0.717, 1.165) is 0 Å². The molecule has 0 aliphatic heterocycles. The fourth-order valence-electron chi connectivity index (χ4n) is 1.25. The number of nitrogens with zero attached hydrogens (tertiary/aromatic N) is 1. The standard InChI is InChI=1S/C9H7F5N2O3/c10-7(11)4-1-3(8(17)18)6(5(2-15)16-4)19-9(12,13)14/h1,7H,2,15H2,(H,17,18). The van der Waals surface area contributed by atoms with E-state index < -0.39 is 48.0 Å². The lowest BCUT2D eigenvalue weighted by molar-refractivity contribution is -0.275. The van der Waals surface area contributed by atoms with Crippen LogP contribution in [-0.2, 0) is 6.54 Å². The summed E-state index contributed by atoms with van der Waals surface area (Å²) in [5.41, 5.74) is 2.27. The van der Waals surface area contributed by atoms with Crippen LogP contribution in [-0.4, -0.2) is 22.4 Å². The molecule has 0 atom stereocenters. The molecule has 19 heavy (non-hydrogen) atoms. The first-order chi connectivity index (χ1) is 8.65. The zero-order valence-electron chi connectivity index (χ0n) is 9.04. The minimum absolute atomic E-state index is 0.313. The minimum atomic E-state index is -5.19.